The van der Waals surface area contributed by atoms with E-state index in [1.165, 1.54) is 5.57 Å². The fourth-order valence-electron chi connectivity index (χ4n) is 1.88. The first-order chi connectivity index (χ1) is 8.24. The first-order valence-corrected chi connectivity index (χ1v) is 5.87. The number of allylic oxidation sites excluding steroid dienone is 1. The van der Waals surface area contributed by atoms with E-state index < -0.39 is 0 Å². The van der Waals surface area contributed by atoms with Crippen molar-refractivity contribution < 1.29 is 4.79 Å². The molecule has 4 nitrogen and oxygen atoms in total. The molecule has 0 bridgehead atoms. The largest absolute Gasteiger partial charge is 0.335 e. The van der Waals surface area contributed by atoms with Crippen molar-refractivity contribution in [2.75, 3.05) is 5.32 Å². The van der Waals surface area contributed by atoms with Gasteiger partial charge in [0, 0.05) is 24.1 Å². The Labute approximate surface area is 101 Å². The number of anilines is 1. The number of nitrogens with zero attached hydrogens (tertiary/aromatic N) is 1. The van der Waals surface area contributed by atoms with Gasteiger partial charge in [-0.1, -0.05) is 11.6 Å². The first-order valence-electron chi connectivity index (χ1n) is 5.87. The summed E-state index contributed by atoms with van der Waals surface area (Å²) in [5, 5.41) is 5.76. The smallest absolute Gasteiger partial charge is 0.319 e. The molecule has 2 N–H and O–H groups in total. The van der Waals surface area contributed by atoms with Gasteiger partial charge < -0.3 is 10.6 Å². The topological polar surface area (TPSA) is 54.0 Å². The molecule has 2 rings (SSSR count). The maximum Gasteiger partial charge on any atom is 0.319 e. The molecule has 1 aliphatic rings. The summed E-state index contributed by atoms with van der Waals surface area (Å²) < 4.78 is 0. The van der Waals surface area contributed by atoms with Gasteiger partial charge in [0.05, 0.1) is 0 Å². The second-order valence-electron chi connectivity index (χ2n) is 4.36. The van der Waals surface area contributed by atoms with E-state index in [0.29, 0.717) is 0 Å². The van der Waals surface area contributed by atoms with Crippen molar-refractivity contribution >= 4 is 11.7 Å². The van der Waals surface area contributed by atoms with E-state index in [-0.39, 0.29) is 12.1 Å². The van der Waals surface area contributed by atoms with Crippen LogP contribution in [-0.4, -0.2) is 17.1 Å². The van der Waals surface area contributed by atoms with Crippen LogP contribution in [0, 0.1) is 0 Å². The highest BCUT2D eigenvalue weighted by Gasteiger charge is 2.14. The molecule has 1 heterocycles. The Balaban J connectivity index is 1.82. The minimum Gasteiger partial charge on any atom is -0.335 e. The average molecular weight is 231 g/mol. The Bertz CT molecular complexity index is 414. The Morgan fingerprint density at radius 2 is 2.18 bits per heavy atom. The Morgan fingerprint density at radius 3 is 2.82 bits per heavy atom. The van der Waals surface area contributed by atoms with Gasteiger partial charge in [0.25, 0.3) is 0 Å². The van der Waals surface area contributed by atoms with E-state index in [0.717, 1.165) is 24.9 Å². The van der Waals surface area contributed by atoms with Gasteiger partial charge in [-0.3, -0.25) is 4.98 Å². The van der Waals surface area contributed by atoms with E-state index >= 15 is 0 Å². The van der Waals surface area contributed by atoms with Crippen LogP contribution < -0.4 is 10.6 Å². The molecule has 90 valence electrons. The highest BCUT2D eigenvalue weighted by molar-refractivity contribution is 5.89. The number of hydrogen-bond acceptors (Lipinski definition) is 2. The minimum atomic E-state index is -0.144. The Hall–Kier alpha value is -1.84. The lowest BCUT2D eigenvalue weighted by Crippen LogP contribution is -2.38. The molecule has 0 aliphatic heterocycles. The van der Waals surface area contributed by atoms with Crippen LogP contribution >= 0.6 is 0 Å². The highest BCUT2D eigenvalue weighted by Crippen LogP contribution is 2.17. The van der Waals surface area contributed by atoms with E-state index in [9.17, 15) is 4.79 Å². The maximum absolute atomic E-state index is 11.7. The molecule has 0 spiro atoms. The second-order valence-corrected chi connectivity index (χ2v) is 4.36. The monoisotopic (exact) mass is 231 g/mol. The van der Waals surface area contributed by atoms with E-state index in [4.69, 9.17) is 0 Å². The average Bonchev–Trinajstić information content (AvgIpc) is 2.33. The van der Waals surface area contributed by atoms with Crippen molar-refractivity contribution in [3.05, 3.63) is 36.2 Å². The predicted molar refractivity (Wildman–Crippen MR) is 67.8 cm³/mol. The van der Waals surface area contributed by atoms with Crippen molar-refractivity contribution in [1.82, 2.24) is 10.3 Å². The number of hydrogen-bond donors (Lipinski definition) is 2. The second kappa shape index (κ2) is 5.48. The van der Waals surface area contributed by atoms with Gasteiger partial charge in [-0.15, -0.1) is 0 Å². The molecule has 2 amide bonds. The number of carbonyl (C=O) groups excluding carboxylic acids is 1. The minimum absolute atomic E-state index is 0.144. The van der Waals surface area contributed by atoms with Crippen LogP contribution in [0.2, 0.25) is 0 Å². The van der Waals surface area contributed by atoms with E-state index in [1.54, 1.807) is 24.5 Å². The SMILES string of the molecule is CC1=CCC(NC(=O)Nc2ccncc2)CC1. The molecule has 1 unspecified atom stereocenters. The van der Waals surface area contributed by atoms with Crippen LogP contribution in [0.25, 0.3) is 0 Å². The van der Waals surface area contributed by atoms with Crippen LogP contribution in [0.3, 0.4) is 0 Å². The summed E-state index contributed by atoms with van der Waals surface area (Å²) >= 11 is 0. The number of aromatic nitrogens is 1. The molecule has 17 heavy (non-hydrogen) atoms. The third-order valence-corrected chi connectivity index (χ3v) is 2.91. The van der Waals surface area contributed by atoms with Crippen LogP contribution in [-0.2, 0) is 0 Å². The van der Waals surface area contributed by atoms with Crippen LogP contribution in [0.1, 0.15) is 26.2 Å². The standard InChI is InChI=1S/C13H17N3O/c1-10-2-4-11(5-3-10)15-13(17)16-12-6-8-14-9-7-12/h2,6-9,11H,3-5H2,1H3,(H2,14,15,16,17). The zero-order chi connectivity index (χ0) is 12.1. The van der Waals surface area contributed by atoms with Gasteiger partial charge in [-0.05, 0) is 38.3 Å². The molecule has 1 aliphatic carbocycles. The molecular formula is C13H17N3O. The van der Waals surface area contributed by atoms with Crippen molar-refractivity contribution in [3.8, 4) is 0 Å². The normalized spacial score (nSPS) is 19.4. The number of nitrogens with one attached hydrogen (secondary N) is 2. The van der Waals surface area contributed by atoms with Gasteiger partial charge in [0.15, 0.2) is 0 Å². The summed E-state index contributed by atoms with van der Waals surface area (Å²) in [5.41, 5.74) is 2.18. The summed E-state index contributed by atoms with van der Waals surface area (Å²) in [7, 11) is 0. The third kappa shape index (κ3) is 3.59. The molecule has 0 radical (unpaired) electrons. The Morgan fingerprint density at radius 1 is 1.41 bits per heavy atom. The van der Waals surface area contributed by atoms with Crippen molar-refractivity contribution in [1.29, 1.82) is 0 Å². The predicted octanol–water partition coefficient (Wildman–Crippen LogP) is 2.70. The van der Waals surface area contributed by atoms with Crippen LogP contribution in [0.5, 0.6) is 0 Å². The van der Waals surface area contributed by atoms with Gasteiger partial charge in [0.2, 0.25) is 0 Å². The molecule has 0 aromatic carbocycles. The molecule has 1 atom stereocenters. The van der Waals surface area contributed by atoms with Crippen molar-refractivity contribution in [2.45, 2.75) is 32.2 Å². The number of carbonyl (C=O) groups is 1. The lowest BCUT2D eigenvalue weighted by atomic mass is 9.96. The summed E-state index contributed by atoms with van der Waals surface area (Å²) in [4.78, 5) is 15.6. The fourth-order valence-corrected chi connectivity index (χ4v) is 1.88. The van der Waals surface area contributed by atoms with Gasteiger partial charge >= 0.3 is 6.03 Å². The lowest BCUT2D eigenvalue weighted by Gasteiger charge is -2.21. The zero-order valence-electron chi connectivity index (χ0n) is 9.94. The quantitative estimate of drug-likeness (QED) is 0.769. The summed E-state index contributed by atoms with van der Waals surface area (Å²) in [6, 6.07) is 3.64. The van der Waals surface area contributed by atoms with E-state index in [2.05, 4.69) is 28.6 Å². The van der Waals surface area contributed by atoms with E-state index in [1.807, 2.05) is 0 Å². The number of pyridine rings is 1. The molecular weight excluding hydrogens is 214 g/mol. The van der Waals surface area contributed by atoms with Crippen LogP contribution in [0.15, 0.2) is 36.2 Å². The molecule has 0 fully saturated rings. The van der Waals surface area contributed by atoms with Gasteiger partial charge in [-0.25, -0.2) is 4.79 Å². The molecule has 1 aromatic heterocycles. The number of urea groups is 1. The molecule has 0 saturated carbocycles. The van der Waals surface area contributed by atoms with Crippen molar-refractivity contribution in [2.24, 2.45) is 0 Å². The Kier molecular flexibility index (Phi) is 3.75. The molecule has 1 aromatic rings. The summed E-state index contributed by atoms with van der Waals surface area (Å²) in [5.74, 6) is 0. The third-order valence-electron chi connectivity index (χ3n) is 2.91. The summed E-state index contributed by atoms with van der Waals surface area (Å²) in [6.07, 6.45) is 8.52. The van der Waals surface area contributed by atoms with Gasteiger partial charge in [-0.2, -0.15) is 0 Å². The fraction of sp³-hybridized carbons (Fsp3) is 0.385. The molecule has 0 saturated heterocycles. The van der Waals surface area contributed by atoms with Crippen LogP contribution in [0.4, 0.5) is 10.5 Å². The molecule has 4 heteroatoms. The first kappa shape index (κ1) is 11.6. The van der Waals surface area contributed by atoms with Crippen molar-refractivity contribution in [3.63, 3.8) is 0 Å². The zero-order valence-corrected chi connectivity index (χ0v) is 9.94. The number of rotatable bonds is 2. The van der Waals surface area contributed by atoms with Gasteiger partial charge in [0.1, 0.15) is 0 Å². The lowest BCUT2D eigenvalue weighted by molar-refractivity contribution is 0.247. The highest BCUT2D eigenvalue weighted by atomic mass is 16.2. The number of amides is 2. The maximum atomic E-state index is 11.7. The summed E-state index contributed by atoms with van der Waals surface area (Å²) in [6.45, 7) is 2.13.